The molecule has 5 nitrogen and oxygen atoms in total. The van der Waals surface area contributed by atoms with Crippen LogP contribution < -0.4 is 5.32 Å². The van der Waals surface area contributed by atoms with E-state index in [1.54, 1.807) is 0 Å². The van der Waals surface area contributed by atoms with E-state index in [9.17, 15) is 9.59 Å². The smallest absolute Gasteiger partial charge is 0.265 e. The first-order valence-electron chi connectivity index (χ1n) is 11.4. The number of benzene rings is 1. The van der Waals surface area contributed by atoms with Crippen molar-refractivity contribution in [2.45, 2.75) is 53.9 Å². The number of carbonyl (C=O) groups is 2. The van der Waals surface area contributed by atoms with E-state index in [0.717, 1.165) is 46.9 Å². The number of likely N-dealkylation sites (tertiary alicyclic amines) is 1. The van der Waals surface area contributed by atoms with Gasteiger partial charge in [-0.3, -0.25) is 9.59 Å². The Labute approximate surface area is 190 Å². The predicted octanol–water partition coefficient (Wildman–Crippen LogP) is 5.08. The standard InChI is InChI=1S/C25H35N3O2S/c1-16(2)10-13-26-23(29)18(4)20-11-14-28(15-12-20)25(30)22-19(5)27-24(31-22)21-8-6-17(3)7-9-21/h6-9,16,18,20H,10-15H2,1-5H3,(H,26,29)/t18-/m0/s1. The highest BCUT2D eigenvalue weighted by atomic mass is 32.1. The topological polar surface area (TPSA) is 62.3 Å². The van der Waals surface area contributed by atoms with Crippen molar-refractivity contribution in [3.8, 4) is 10.6 Å². The van der Waals surface area contributed by atoms with Crippen molar-refractivity contribution in [1.82, 2.24) is 15.2 Å². The lowest BCUT2D eigenvalue weighted by atomic mass is 9.84. The molecule has 2 amide bonds. The van der Waals surface area contributed by atoms with Gasteiger partial charge in [0, 0.05) is 31.1 Å². The molecule has 0 saturated carbocycles. The zero-order valence-corrected chi connectivity index (χ0v) is 20.2. The highest BCUT2D eigenvalue weighted by Gasteiger charge is 2.31. The molecule has 1 aliphatic heterocycles. The molecule has 168 valence electrons. The van der Waals surface area contributed by atoms with Crippen LogP contribution in [0.5, 0.6) is 0 Å². The van der Waals surface area contributed by atoms with Crippen molar-refractivity contribution >= 4 is 23.2 Å². The molecule has 1 aromatic carbocycles. The van der Waals surface area contributed by atoms with Gasteiger partial charge in [0.05, 0.1) is 5.69 Å². The summed E-state index contributed by atoms with van der Waals surface area (Å²) in [4.78, 5) is 32.9. The predicted molar refractivity (Wildman–Crippen MR) is 127 cm³/mol. The lowest BCUT2D eigenvalue weighted by Gasteiger charge is -2.34. The van der Waals surface area contributed by atoms with Crippen LogP contribution in [0.4, 0.5) is 0 Å². The highest BCUT2D eigenvalue weighted by molar-refractivity contribution is 7.17. The highest BCUT2D eigenvalue weighted by Crippen LogP contribution is 2.31. The van der Waals surface area contributed by atoms with Gasteiger partial charge in [0.2, 0.25) is 5.91 Å². The molecule has 0 unspecified atom stereocenters. The fourth-order valence-corrected chi connectivity index (χ4v) is 5.06. The second-order valence-corrected chi connectivity index (χ2v) is 10.2. The number of hydrogen-bond acceptors (Lipinski definition) is 4. The van der Waals surface area contributed by atoms with Crippen LogP contribution >= 0.6 is 11.3 Å². The van der Waals surface area contributed by atoms with Gasteiger partial charge in [0.15, 0.2) is 0 Å². The Balaban J connectivity index is 1.57. The van der Waals surface area contributed by atoms with E-state index in [2.05, 4.69) is 55.3 Å². The maximum absolute atomic E-state index is 13.2. The number of nitrogens with one attached hydrogen (secondary N) is 1. The van der Waals surface area contributed by atoms with Crippen LogP contribution in [0.2, 0.25) is 0 Å². The molecule has 6 heteroatoms. The Morgan fingerprint density at radius 2 is 1.77 bits per heavy atom. The number of rotatable bonds is 7. The van der Waals surface area contributed by atoms with Crippen molar-refractivity contribution < 1.29 is 9.59 Å². The Morgan fingerprint density at radius 3 is 2.39 bits per heavy atom. The third kappa shape index (κ3) is 5.94. The number of aromatic nitrogens is 1. The van der Waals surface area contributed by atoms with Gasteiger partial charge in [-0.05, 0) is 44.9 Å². The minimum Gasteiger partial charge on any atom is -0.356 e. The maximum Gasteiger partial charge on any atom is 0.265 e. The van der Waals surface area contributed by atoms with Crippen LogP contribution in [0.15, 0.2) is 24.3 Å². The lowest BCUT2D eigenvalue weighted by molar-refractivity contribution is -0.126. The van der Waals surface area contributed by atoms with Crippen LogP contribution in [0, 0.1) is 31.6 Å². The minimum absolute atomic E-state index is 0.0114. The summed E-state index contributed by atoms with van der Waals surface area (Å²) in [5.74, 6) is 1.12. The third-order valence-corrected chi connectivity index (χ3v) is 7.45. The number of hydrogen-bond donors (Lipinski definition) is 1. The summed E-state index contributed by atoms with van der Waals surface area (Å²) in [6.07, 6.45) is 2.74. The zero-order chi connectivity index (χ0) is 22.5. The van der Waals surface area contributed by atoms with E-state index in [4.69, 9.17) is 0 Å². The Bertz CT molecular complexity index is 896. The van der Waals surface area contributed by atoms with Crippen molar-refractivity contribution in [3.63, 3.8) is 0 Å². The van der Waals surface area contributed by atoms with Crippen LogP contribution in [0.1, 0.15) is 61.0 Å². The van der Waals surface area contributed by atoms with Gasteiger partial charge < -0.3 is 10.2 Å². The number of aryl methyl sites for hydroxylation is 2. The summed E-state index contributed by atoms with van der Waals surface area (Å²) in [6, 6.07) is 8.25. The molecule has 0 bridgehead atoms. The van der Waals surface area contributed by atoms with Gasteiger partial charge in [-0.2, -0.15) is 0 Å². The maximum atomic E-state index is 13.2. The molecule has 1 saturated heterocycles. The molecule has 1 atom stereocenters. The summed E-state index contributed by atoms with van der Waals surface area (Å²) in [6.45, 7) is 12.5. The van der Waals surface area contributed by atoms with E-state index in [0.29, 0.717) is 24.9 Å². The van der Waals surface area contributed by atoms with Gasteiger partial charge in [-0.15, -0.1) is 11.3 Å². The molecule has 2 aromatic rings. The van der Waals surface area contributed by atoms with Crippen molar-refractivity contribution in [2.75, 3.05) is 19.6 Å². The number of thiazole rings is 1. The van der Waals surface area contributed by atoms with Crippen LogP contribution in [-0.2, 0) is 4.79 Å². The Hall–Kier alpha value is -2.21. The lowest BCUT2D eigenvalue weighted by Crippen LogP contribution is -2.42. The monoisotopic (exact) mass is 441 g/mol. The number of piperidine rings is 1. The number of amides is 2. The third-order valence-electron chi connectivity index (χ3n) is 6.26. The van der Waals surface area contributed by atoms with Gasteiger partial charge in [-0.1, -0.05) is 50.6 Å². The SMILES string of the molecule is Cc1ccc(-c2nc(C)c(C(=O)N3CCC([C@H](C)C(=O)NCCC(C)C)CC3)s2)cc1. The first-order valence-corrected chi connectivity index (χ1v) is 12.2. The summed E-state index contributed by atoms with van der Waals surface area (Å²) >= 11 is 1.48. The molecule has 0 aliphatic carbocycles. The second-order valence-electron chi connectivity index (χ2n) is 9.19. The Morgan fingerprint density at radius 1 is 1.13 bits per heavy atom. The Kier molecular flexibility index (Phi) is 7.87. The molecular formula is C25H35N3O2S. The molecule has 1 aromatic heterocycles. The molecular weight excluding hydrogens is 406 g/mol. The molecule has 1 aliphatic rings. The average Bonchev–Trinajstić information content (AvgIpc) is 3.14. The van der Waals surface area contributed by atoms with E-state index in [1.807, 2.05) is 18.7 Å². The molecule has 0 spiro atoms. The van der Waals surface area contributed by atoms with E-state index in [-0.39, 0.29) is 17.7 Å². The van der Waals surface area contributed by atoms with Gasteiger partial charge in [0.25, 0.3) is 5.91 Å². The fourth-order valence-electron chi connectivity index (χ4n) is 4.02. The fraction of sp³-hybridized carbons (Fsp3) is 0.560. The van der Waals surface area contributed by atoms with Crippen LogP contribution in [0.25, 0.3) is 10.6 Å². The second kappa shape index (κ2) is 10.4. The molecule has 31 heavy (non-hydrogen) atoms. The molecule has 1 N–H and O–H groups in total. The molecule has 3 rings (SSSR count). The first-order chi connectivity index (χ1) is 14.8. The first kappa shape index (κ1) is 23.5. The molecule has 2 heterocycles. The average molecular weight is 442 g/mol. The van der Waals surface area contributed by atoms with Gasteiger partial charge in [-0.25, -0.2) is 4.98 Å². The summed E-state index contributed by atoms with van der Waals surface area (Å²) in [5.41, 5.74) is 3.05. The zero-order valence-electron chi connectivity index (χ0n) is 19.4. The van der Waals surface area contributed by atoms with E-state index in [1.165, 1.54) is 16.9 Å². The van der Waals surface area contributed by atoms with Crippen molar-refractivity contribution in [3.05, 3.63) is 40.4 Å². The number of carbonyl (C=O) groups excluding carboxylic acids is 2. The summed E-state index contributed by atoms with van der Waals surface area (Å²) in [7, 11) is 0. The minimum atomic E-state index is -0.0114. The summed E-state index contributed by atoms with van der Waals surface area (Å²) in [5, 5.41) is 3.97. The molecule has 0 radical (unpaired) electrons. The van der Waals surface area contributed by atoms with E-state index >= 15 is 0 Å². The van der Waals surface area contributed by atoms with Gasteiger partial charge in [0.1, 0.15) is 9.88 Å². The summed E-state index contributed by atoms with van der Waals surface area (Å²) < 4.78 is 0. The largest absolute Gasteiger partial charge is 0.356 e. The molecule has 1 fully saturated rings. The number of nitrogens with zero attached hydrogens (tertiary/aromatic N) is 2. The van der Waals surface area contributed by atoms with Gasteiger partial charge >= 0.3 is 0 Å². The van der Waals surface area contributed by atoms with E-state index < -0.39 is 0 Å². The van der Waals surface area contributed by atoms with Crippen molar-refractivity contribution in [1.29, 1.82) is 0 Å². The van der Waals surface area contributed by atoms with Crippen LogP contribution in [-0.4, -0.2) is 41.3 Å². The normalized spacial score (nSPS) is 15.9. The van der Waals surface area contributed by atoms with Crippen LogP contribution in [0.3, 0.4) is 0 Å². The van der Waals surface area contributed by atoms with Crippen molar-refractivity contribution in [2.24, 2.45) is 17.8 Å². The quantitative estimate of drug-likeness (QED) is 0.652.